The highest BCUT2D eigenvalue weighted by molar-refractivity contribution is 5.88. The Balaban J connectivity index is 2.30. The van der Waals surface area contributed by atoms with E-state index in [0.29, 0.717) is 6.61 Å². The van der Waals surface area contributed by atoms with Crippen molar-refractivity contribution >= 4 is 16.7 Å². The van der Waals surface area contributed by atoms with Crippen LogP contribution >= 0.6 is 0 Å². The van der Waals surface area contributed by atoms with Crippen molar-refractivity contribution in [3.05, 3.63) is 30.6 Å². The van der Waals surface area contributed by atoms with E-state index in [1.54, 1.807) is 13.4 Å². The molecule has 0 saturated carbocycles. The molecule has 0 amide bonds. The molecule has 2 aromatic rings. The minimum Gasteiger partial charge on any atom is -0.383 e. The lowest BCUT2D eigenvalue weighted by Crippen LogP contribution is -2.21. The second-order valence-electron chi connectivity index (χ2n) is 3.74. The molecule has 84 valence electrons. The maximum atomic E-state index is 5.08. The normalized spacial score (nSPS) is 12.6. The van der Waals surface area contributed by atoms with Crippen LogP contribution in [0, 0.1) is 0 Å². The number of fused-ring (bicyclic) bond motifs is 1. The van der Waals surface area contributed by atoms with Gasteiger partial charge < -0.3 is 10.1 Å². The van der Waals surface area contributed by atoms with Crippen LogP contribution in [0.2, 0.25) is 0 Å². The van der Waals surface area contributed by atoms with E-state index in [1.165, 1.54) is 0 Å². The predicted octanol–water partition coefficient (Wildman–Crippen LogP) is 2.08. The highest BCUT2D eigenvalue weighted by Gasteiger charge is 2.06. The van der Waals surface area contributed by atoms with E-state index in [9.17, 15) is 0 Å². The molecular formula is C12H15N3O. The molecule has 4 heteroatoms. The third-order valence-electron chi connectivity index (χ3n) is 2.34. The van der Waals surface area contributed by atoms with Gasteiger partial charge in [-0.25, -0.2) is 9.97 Å². The van der Waals surface area contributed by atoms with E-state index in [2.05, 4.69) is 22.2 Å². The molecule has 0 aliphatic heterocycles. The first-order valence-electron chi connectivity index (χ1n) is 5.26. The van der Waals surface area contributed by atoms with Crippen molar-refractivity contribution in [1.29, 1.82) is 0 Å². The number of hydrogen-bond acceptors (Lipinski definition) is 4. The topological polar surface area (TPSA) is 47.0 Å². The number of para-hydroxylation sites is 1. The Bertz CT molecular complexity index is 467. The summed E-state index contributed by atoms with van der Waals surface area (Å²) in [6.45, 7) is 2.71. The number of anilines is 1. The summed E-state index contributed by atoms with van der Waals surface area (Å²) in [6.07, 6.45) is 1.57. The van der Waals surface area contributed by atoms with Gasteiger partial charge in [-0.05, 0) is 19.1 Å². The highest BCUT2D eigenvalue weighted by atomic mass is 16.5. The number of nitrogens with zero attached hydrogens (tertiary/aromatic N) is 2. The molecule has 0 aliphatic carbocycles. The van der Waals surface area contributed by atoms with Crippen molar-refractivity contribution in [2.75, 3.05) is 19.0 Å². The van der Waals surface area contributed by atoms with Crippen LogP contribution in [0.15, 0.2) is 30.6 Å². The summed E-state index contributed by atoms with van der Waals surface area (Å²) in [5.41, 5.74) is 0.949. The Morgan fingerprint density at radius 1 is 1.31 bits per heavy atom. The maximum absolute atomic E-state index is 5.08. The number of hydrogen-bond donors (Lipinski definition) is 1. The smallest absolute Gasteiger partial charge is 0.137 e. The third kappa shape index (κ3) is 2.28. The van der Waals surface area contributed by atoms with Gasteiger partial charge in [-0.3, -0.25) is 0 Å². The van der Waals surface area contributed by atoms with Gasteiger partial charge in [0.1, 0.15) is 12.1 Å². The summed E-state index contributed by atoms with van der Waals surface area (Å²) in [4.78, 5) is 8.46. The molecule has 0 aliphatic rings. The Kier molecular flexibility index (Phi) is 3.31. The molecule has 1 aromatic carbocycles. The summed E-state index contributed by atoms with van der Waals surface area (Å²) in [6, 6.07) is 8.17. The van der Waals surface area contributed by atoms with E-state index in [1.807, 2.05) is 24.3 Å². The second-order valence-corrected chi connectivity index (χ2v) is 3.74. The lowest BCUT2D eigenvalue weighted by molar-refractivity contribution is 0.190. The molecule has 1 aromatic heterocycles. The Morgan fingerprint density at radius 3 is 2.94 bits per heavy atom. The van der Waals surface area contributed by atoms with Crippen LogP contribution in [0.5, 0.6) is 0 Å². The number of benzene rings is 1. The Morgan fingerprint density at radius 2 is 2.12 bits per heavy atom. The summed E-state index contributed by atoms with van der Waals surface area (Å²) in [5.74, 6) is 0.857. The lowest BCUT2D eigenvalue weighted by Gasteiger charge is -2.14. The molecule has 0 radical (unpaired) electrons. The predicted molar refractivity (Wildman–Crippen MR) is 64.5 cm³/mol. The molecule has 0 spiro atoms. The summed E-state index contributed by atoms with van der Waals surface area (Å²) < 4.78 is 5.08. The van der Waals surface area contributed by atoms with Crippen molar-refractivity contribution in [2.24, 2.45) is 0 Å². The molecule has 1 heterocycles. The molecule has 0 saturated heterocycles. The first-order valence-corrected chi connectivity index (χ1v) is 5.26. The van der Waals surface area contributed by atoms with Crippen LogP contribution < -0.4 is 5.32 Å². The molecule has 2 rings (SSSR count). The van der Waals surface area contributed by atoms with Crippen molar-refractivity contribution in [1.82, 2.24) is 9.97 Å². The Hall–Kier alpha value is -1.68. The van der Waals surface area contributed by atoms with Crippen LogP contribution in [0.25, 0.3) is 10.9 Å². The van der Waals surface area contributed by atoms with Gasteiger partial charge in [0.2, 0.25) is 0 Å². The molecule has 0 bridgehead atoms. The zero-order valence-corrected chi connectivity index (χ0v) is 9.47. The van der Waals surface area contributed by atoms with Crippen molar-refractivity contribution < 1.29 is 4.74 Å². The first-order chi connectivity index (χ1) is 7.81. The summed E-state index contributed by atoms with van der Waals surface area (Å²) in [7, 11) is 1.69. The van der Waals surface area contributed by atoms with Gasteiger partial charge in [0, 0.05) is 18.5 Å². The molecule has 4 nitrogen and oxygen atoms in total. The zero-order valence-electron chi connectivity index (χ0n) is 9.47. The van der Waals surface area contributed by atoms with Crippen LogP contribution in [0.4, 0.5) is 5.82 Å². The quantitative estimate of drug-likeness (QED) is 0.851. The van der Waals surface area contributed by atoms with Crippen LogP contribution in [0.3, 0.4) is 0 Å². The fraction of sp³-hybridized carbons (Fsp3) is 0.333. The molecule has 1 unspecified atom stereocenters. The average Bonchev–Trinajstić information content (AvgIpc) is 2.30. The standard InChI is InChI=1S/C12H15N3O/c1-9(7-16-2)15-12-10-5-3-4-6-11(10)13-8-14-12/h3-6,8-9H,7H2,1-2H3,(H,13,14,15). The van der Waals surface area contributed by atoms with Crippen molar-refractivity contribution in [3.63, 3.8) is 0 Å². The van der Waals surface area contributed by atoms with Gasteiger partial charge in [-0.1, -0.05) is 12.1 Å². The largest absolute Gasteiger partial charge is 0.383 e. The molecule has 1 atom stereocenters. The minimum absolute atomic E-state index is 0.225. The number of rotatable bonds is 4. The minimum atomic E-state index is 0.225. The van der Waals surface area contributed by atoms with Gasteiger partial charge in [-0.2, -0.15) is 0 Å². The van der Waals surface area contributed by atoms with Crippen molar-refractivity contribution in [2.45, 2.75) is 13.0 Å². The van der Waals surface area contributed by atoms with Gasteiger partial charge in [-0.15, -0.1) is 0 Å². The fourth-order valence-electron chi connectivity index (χ4n) is 1.64. The SMILES string of the molecule is COCC(C)Nc1ncnc2ccccc12. The van der Waals surface area contributed by atoms with Crippen LogP contribution in [0.1, 0.15) is 6.92 Å². The number of nitrogens with one attached hydrogen (secondary N) is 1. The van der Waals surface area contributed by atoms with Gasteiger partial charge in [0.15, 0.2) is 0 Å². The lowest BCUT2D eigenvalue weighted by atomic mass is 10.2. The van der Waals surface area contributed by atoms with E-state index >= 15 is 0 Å². The zero-order chi connectivity index (χ0) is 11.4. The first kappa shape index (κ1) is 10.8. The molecule has 0 fully saturated rings. The summed E-state index contributed by atoms with van der Waals surface area (Å²) >= 11 is 0. The average molecular weight is 217 g/mol. The van der Waals surface area contributed by atoms with Gasteiger partial charge in [0.05, 0.1) is 12.1 Å². The molecule has 16 heavy (non-hydrogen) atoms. The van der Waals surface area contributed by atoms with E-state index in [0.717, 1.165) is 16.7 Å². The van der Waals surface area contributed by atoms with Gasteiger partial charge in [0.25, 0.3) is 0 Å². The van der Waals surface area contributed by atoms with E-state index in [-0.39, 0.29) is 6.04 Å². The number of methoxy groups -OCH3 is 1. The van der Waals surface area contributed by atoms with Crippen LogP contribution in [-0.2, 0) is 4.74 Å². The number of ether oxygens (including phenoxy) is 1. The monoisotopic (exact) mass is 217 g/mol. The van der Waals surface area contributed by atoms with Crippen LogP contribution in [-0.4, -0.2) is 29.7 Å². The van der Waals surface area contributed by atoms with Gasteiger partial charge >= 0.3 is 0 Å². The third-order valence-corrected chi connectivity index (χ3v) is 2.34. The number of aromatic nitrogens is 2. The fourth-order valence-corrected chi connectivity index (χ4v) is 1.64. The van der Waals surface area contributed by atoms with E-state index < -0.39 is 0 Å². The molecular weight excluding hydrogens is 202 g/mol. The summed E-state index contributed by atoms with van der Waals surface area (Å²) in [5, 5.41) is 4.34. The Labute approximate surface area is 94.7 Å². The highest BCUT2D eigenvalue weighted by Crippen LogP contribution is 2.18. The van der Waals surface area contributed by atoms with E-state index in [4.69, 9.17) is 4.74 Å². The van der Waals surface area contributed by atoms with Crippen molar-refractivity contribution in [3.8, 4) is 0 Å². The molecule has 1 N–H and O–H groups in total. The maximum Gasteiger partial charge on any atom is 0.137 e. The second kappa shape index (κ2) is 4.90.